The fourth-order valence-corrected chi connectivity index (χ4v) is 1.89. The minimum Gasteiger partial charge on any atom is -0.469 e. The second-order valence-electron chi connectivity index (χ2n) is 4.54. The van der Waals surface area contributed by atoms with Crippen molar-refractivity contribution in [1.82, 2.24) is 4.90 Å². The van der Waals surface area contributed by atoms with E-state index in [0.717, 1.165) is 5.56 Å². The van der Waals surface area contributed by atoms with Gasteiger partial charge in [0.05, 0.1) is 13.0 Å². The molecule has 0 spiro atoms. The van der Waals surface area contributed by atoms with Crippen molar-refractivity contribution in [2.45, 2.75) is 26.8 Å². The van der Waals surface area contributed by atoms with Gasteiger partial charge in [-0.05, 0) is 5.56 Å². The minimum absolute atomic E-state index is 0.0413. The van der Waals surface area contributed by atoms with Crippen molar-refractivity contribution in [2.75, 3.05) is 13.7 Å². The van der Waals surface area contributed by atoms with Gasteiger partial charge in [-0.2, -0.15) is 0 Å². The van der Waals surface area contributed by atoms with Crippen LogP contribution in [0.2, 0.25) is 0 Å². The number of carbonyl (C=O) groups is 2. The number of rotatable bonds is 6. The van der Waals surface area contributed by atoms with Crippen LogP contribution in [0.3, 0.4) is 0 Å². The second kappa shape index (κ2) is 7.56. The maximum atomic E-state index is 11.9. The van der Waals surface area contributed by atoms with Crippen LogP contribution in [0.4, 0.5) is 0 Å². The second-order valence-corrected chi connectivity index (χ2v) is 4.54. The maximum absolute atomic E-state index is 11.9. The van der Waals surface area contributed by atoms with E-state index in [0.29, 0.717) is 19.5 Å². The zero-order chi connectivity index (χ0) is 14.3. The Morgan fingerprint density at radius 3 is 2.42 bits per heavy atom. The predicted octanol–water partition coefficient (Wildman–Crippen LogP) is 2.23. The molecular weight excluding hydrogens is 242 g/mol. The molecule has 0 heterocycles. The van der Waals surface area contributed by atoms with Crippen LogP contribution in [0.5, 0.6) is 0 Å². The zero-order valence-corrected chi connectivity index (χ0v) is 11.8. The summed E-state index contributed by atoms with van der Waals surface area (Å²) in [7, 11) is 1.36. The number of hydrogen-bond donors (Lipinski definition) is 0. The van der Waals surface area contributed by atoms with E-state index in [2.05, 4.69) is 0 Å². The molecule has 0 aliphatic rings. The quantitative estimate of drug-likeness (QED) is 0.739. The Labute approximate surface area is 114 Å². The molecule has 0 aliphatic heterocycles. The van der Waals surface area contributed by atoms with E-state index in [1.807, 2.05) is 37.3 Å². The first-order valence-corrected chi connectivity index (χ1v) is 6.48. The summed E-state index contributed by atoms with van der Waals surface area (Å²) in [5, 5.41) is 0. The molecule has 0 bridgehead atoms. The molecule has 0 saturated heterocycles. The fourth-order valence-electron chi connectivity index (χ4n) is 1.89. The first-order valence-electron chi connectivity index (χ1n) is 6.48. The van der Waals surface area contributed by atoms with Crippen LogP contribution in [0.15, 0.2) is 30.3 Å². The molecule has 0 fully saturated rings. The molecule has 0 radical (unpaired) electrons. The van der Waals surface area contributed by atoms with Crippen LogP contribution in [0.1, 0.15) is 25.8 Å². The molecule has 0 N–H and O–H groups in total. The summed E-state index contributed by atoms with van der Waals surface area (Å²) >= 11 is 0. The highest BCUT2D eigenvalue weighted by molar-refractivity contribution is 5.77. The van der Waals surface area contributed by atoms with Gasteiger partial charge in [0.1, 0.15) is 0 Å². The van der Waals surface area contributed by atoms with Gasteiger partial charge in [0.25, 0.3) is 0 Å². The number of nitrogens with zero attached hydrogens (tertiary/aromatic N) is 1. The smallest absolute Gasteiger partial charge is 0.310 e. The molecule has 4 nitrogen and oxygen atoms in total. The Hall–Kier alpha value is -1.84. The van der Waals surface area contributed by atoms with E-state index in [9.17, 15) is 9.59 Å². The largest absolute Gasteiger partial charge is 0.469 e. The highest BCUT2D eigenvalue weighted by atomic mass is 16.5. The van der Waals surface area contributed by atoms with Gasteiger partial charge in [-0.15, -0.1) is 0 Å². The van der Waals surface area contributed by atoms with E-state index in [-0.39, 0.29) is 17.8 Å². The maximum Gasteiger partial charge on any atom is 0.310 e. The molecule has 0 aromatic heterocycles. The van der Waals surface area contributed by atoms with Crippen LogP contribution in [-0.4, -0.2) is 30.4 Å². The molecule has 1 aromatic rings. The molecule has 1 amide bonds. The molecule has 1 unspecified atom stereocenters. The molecule has 0 saturated carbocycles. The summed E-state index contributed by atoms with van der Waals surface area (Å²) in [5.41, 5.74) is 1.06. The Morgan fingerprint density at radius 2 is 1.89 bits per heavy atom. The van der Waals surface area contributed by atoms with Gasteiger partial charge in [-0.1, -0.05) is 44.2 Å². The summed E-state index contributed by atoms with van der Waals surface area (Å²) < 4.78 is 4.70. The third-order valence-electron chi connectivity index (χ3n) is 2.97. The molecule has 19 heavy (non-hydrogen) atoms. The normalized spacial score (nSPS) is 11.7. The van der Waals surface area contributed by atoms with Crippen LogP contribution >= 0.6 is 0 Å². The van der Waals surface area contributed by atoms with Crippen molar-refractivity contribution in [2.24, 2.45) is 5.92 Å². The topological polar surface area (TPSA) is 46.6 Å². The van der Waals surface area contributed by atoms with Crippen molar-refractivity contribution < 1.29 is 14.3 Å². The minimum atomic E-state index is -0.316. The average molecular weight is 263 g/mol. The molecule has 1 aromatic carbocycles. The molecule has 0 aliphatic carbocycles. The fraction of sp³-hybridized carbons (Fsp3) is 0.467. The first kappa shape index (κ1) is 15.2. The summed E-state index contributed by atoms with van der Waals surface area (Å²) in [4.78, 5) is 25.1. The van der Waals surface area contributed by atoms with Crippen molar-refractivity contribution >= 4 is 11.9 Å². The number of benzene rings is 1. The van der Waals surface area contributed by atoms with Crippen molar-refractivity contribution in [3.05, 3.63) is 35.9 Å². The highest BCUT2D eigenvalue weighted by Crippen LogP contribution is 2.10. The Balaban J connectivity index is 2.73. The van der Waals surface area contributed by atoms with Gasteiger partial charge in [-0.3, -0.25) is 9.59 Å². The molecule has 1 atom stereocenters. The summed E-state index contributed by atoms with van der Waals surface area (Å²) in [6.45, 7) is 4.50. The summed E-state index contributed by atoms with van der Waals surface area (Å²) in [5.74, 6) is -0.564. The number of amides is 1. The lowest BCUT2D eigenvalue weighted by Crippen LogP contribution is -2.36. The Bertz CT molecular complexity index is 417. The summed E-state index contributed by atoms with van der Waals surface area (Å²) in [6.07, 6.45) is 0.431. The number of hydrogen-bond acceptors (Lipinski definition) is 3. The van der Waals surface area contributed by atoms with Crippen LogP contribution in [0.25, 0.3) is 0 Å². The average Bonchev–Trinajstić information content (AvgIpc) is 2.45. The standard InChI is InChI=1S/C15H21NO3/c1-4-14(17)16(10-12(2)15(18)19-3)11-13-8-6-5-7-9-13/h5-9,12H,4,10-11H2,1-3H3. The van der Waals surface area contributed by atoms with E-state index in [1.165, 1.54) is 7.11 Å². The van der Waals surface area contributed by atoms with Crippen LogP contribution in [0, 0.1) is 5.92 Å². The molecule has 4 heteroatoms. The van der Waals surface area contributed by atoms with Gasteiger partial charge in [0.15, 0.2) is 0 Å². The van der Waals surface area contributed by atoms with Gasteiger partial charge in [0.2, 0.25) is 5.91 Å². The lowest BCUT2D eigenvalue weighted by molar-refractivity contribution is -0.146. The Morgan fingerprint density at radius 1 is 1.26 bits per heavy atom. The van der Waals surface area contributed by atoms with Crippen molar-refractivity contribution in [1.29, 1.82) is 0 Å². The third kappa shape index (κ3) is 4.73. The molecule has 104 valence electrons. The number of ether oxygens (including phenoxy) is 1. The van der Waals surface area contributed by atoms with E-state index < -0.39 is 0 Å². The highest BCUT2D eigenvalue weighted by Gasteiger charge is 2.20. The SMILES string of the molecule is CCC(=O)N(Cc1ccccc1)CC(C)C(=O)OC. The van der Waals surface area contributed by atoms with E-state index in [1.54, 1.807) is 11.8 Å². The zero-order valence-electron chi connectivity index (χ0n) is 11.8. The van der Waals surface area contributed by atoms with Gasteiger partial charge in [-0.25, -0.2) is 0 Å². The number of methoxy groups -OCH3 is 1. The lowest BCUT2D eigenvalue weighted by Gasteiger charge is -2.24. The molecule has 1 rings (SSSR count). The van der Waals surface area contributed by atoms with Crippen LogP contribution in [-0.2, 0) is 20.9 Å². The van der Waals surface area contributed by atoms with Gasteiger partial charge in [0, 0.05) is 19.5 Å². The molecular formula is C15H21NO3. The Kier molecular flexibility index (Phi) is 6.06. The third-order valence-corrected chi connectivity index (χ3v) is 2.97. The van der Waals surface area contributed by atoms with Crippen LogP contribution < -0.4 is 0 Å². The van der Waals surface area contributed by atoms with Crippen molar-refractivity contribution in [3.8, 4) is 0 Å². The summed E-state index contributed by atoms with van der Waals surface area (Å²) in [6, 6.07) is 9.76. The lowest BCUT2D eigenvalue weighted by atomic mass is 10.1. The van der Waals surface area contributed by atoms with E-state index >= 15 is 0 Å². The number of carbonyl (C=O) groups excluding carboxylic acids is 2. The monoisotopic (exact) mass is 263 g/mol. The van der Waals surface area contributed by atoms with Gasteiger partial charge < -0.3 is 9.64 Å². The predicted molar refractivity (Wildman–Crippen MR) is 73.3 cm³/mol. The first-order chi connectivity index (χ1) is 9.08. The number of esters is 1. The van der Waals surface area contributed by atoms with Crippen molar-refractivity contribution in [3.63, 3.8) is 0 Å². The van der Waals surface area contributed by atoms with Gasteiger partial charge >= 0.3 is 5.97 Å². The van der Waals surface area contributed by atoms with E-state index in [4.69, 9.17) is 4.74 Å².